The van der Waals surface area contributed by atoms with Gasteiger partial charge in [-0.05, 0) is 33.6 Å². The van der Waals surface area contributed by atoms with Crippen molar-refractivity contribution in [3.05, 3.63) is 0 Å². The Bertz CT molecular complexity index is 163. The number of rotatable bonds is 11. The van der Waals surface area contributed by atoms with Gasteiger partial charge in [0.1, 0.15) is 0 Å². The Hall–Kier alpha value is -0.160. The predicted octanol–water partition coefficient (Wildman–Crippen LogP) is 2.95. The van der Waals surface area contributed by atoms with E-state index in [-0.39, 0.29) is 18.7 Å². The first-order valence-electron chi connectivity index (χ1n) is 6.68. The van der Waals surface area contributed by atoms with Crippen LogP contribution in [0, 0.1) is 0 Å². The van der Waals surface area contributed by atoms with E-state index in [4.69, 9.17) is 18.9 Å². The van der Waals surface area contributed by atoms with Crippen LogP contribution in [-0.4, -0.2) is 38.5 Å². The molecule has 0 N–H and O–H groups in total. The molecule has 4 heteroatoms. The van der Waals surface area contributed by atoms with E-state index >= 15 is 0 Å². The summed E-state index contributed by atoms with van der Waals surface area (Å²) in [6.07, 6.45) is 1.45. The molecule has 0 heterocycles. The summed E-state index contributed by atoms with van der Waals surface area (Å²) in [5.41, 5.74) is 0. The lowest BCUT2D eigenvalue weighted by molar-refractivity contribution is -0.203. The van der Waals surface area contributed by atoms with E-state index in [0.717, 1.165) is 12.8 Å². The highest BCUT2D eigenvalue weighted by Crippen LogP contribution is 2.07. The molecule has 0 aromatic heterocycles. The van der Waals surface area contributed by atoms with Crippen LogP contribution in [0.5, 0.6) is 0 Å². The second-order valence-electron chi connectivity index (χ2n) is 3.87. The van der Waals surface area contributed by atoms with Crippen LogP contribution in [0.4, 0.5) is 0 Å². The number of hydrogen-bond donors (Lipinski definition) is 0. The topological polar surface area (TPSA) is 36.9 Å². The van der Waals surface area contributed by atoms with Crippen molar-refractivity contribution in [1.29, 1.82) is 0 Å². The molecule has 0 fully saturated rings. The summed E-state index contributed by atoms with van der Waals surface area (Å²) >= 11 is 0. The van der Waals surface area contributed by atoms with E-state index in [0.29, 0.717) is 19.8 Å². The predicted molar refractivity (Wildman–Crippen MR) is 67.9 cm³/mol. The van der Waals surface area contributed by atoms with Gasteiger partial charge in [-0.2, -0.15) is 0 Å². The van der Waals surface area contributed by atoms with Gasteiger partial charge < -0.3 is 18.9 Å². The average Bonchev–Trinajstić information content (AvgIpc) is 2.33. The molecule has 0 amide bonds. The molecule has 0 saturated heterocycles. The third kappa shape index (κ3) is 8.55. The molecule has 0 aromatic rings. The first kappa shape index (κ1) is 16.8. The van der Waals surface area contributed by atoms with E-state index in [1.54, 1.807) is 0 Å². The van der Waals surface area contributed by atoms with Gasteiger partial charge in [-0.25, -0.2) is 0 Å². The lowest BCUT2D eigenvalue weighted by Gasteiger charge is -2.23. The van der Waals surface area contributed by atoms with Crippen LogP contribution in [-0.2, 0) is 18.9 Å². The zero-order chi connectivity index (χ0) is 13.1. The highest BCUT2D eigenvalue weighted by Gasteiger charge is 2.13. The van der Waals surface area contributed by atoms with Crippen LogP contribution in [0.2, 0.25) is 0 Å². The van der Waals surface area contributed by atoms with Gasteiger partial charge >= 0.3 is 0 Å². The molecule has 0 rings (SSSR count). The van der Waals surface area contributed by atoms with Crippen LogP contribution in [0.1, 0.15) is 47.5 Å². The molecule has 0 radical (unpaired) electrons. The highest BCUT2D eigenvalue weighted by atomic mass is 16.7. The second-order valence-corrected chi connectivity index (χ2v) is 3.87. The molecular formula is C13H28O4. The van der Waals surface area contributed by atoms with Gasteiger partial charge in [0.15, 0.2) is 12.6 Å². The molecule has 0 aliphatic rings. The Balaban J connectivity index is 3.79. The largest absolute Gasteiger partial charge is 0.353 e. The third-order valence-electron chi connectivity index (χ3n) is 2.27. The second kappa shape index (κ2) is 11.0. The van der Waals surface area contributed by atoms with Crippen molar-refractivity contribution < 1.29 is 18.9 Å². The van der Waals surface area contributed by atoms with Crippen molar-refractivity contribution in [1.82, 2.24) is 0 Å². The van der Waals surface area contributed by atoms with E-state index in [1.807, 2.05) is 34.6 Å². The fourth-order valence-corrected chi connectivity index (χ4v) is 1.45. The van der Waals surface area contributed by atoms with Gasteiger partial charge in [0, 0.05) is 13.2 Å². The fraction of sp³-hybridized carbons (Fsp3) is 1.00. The van der Waals surface area contributed by atoms with Crippen LogP contribution in [0.3, 0.4) is 0 Å². The van der Waals surface area contributed by atoms with Crippen molar-refractivity contribution in [2.24, 2.45) is 0 Å². The molecule has 0 bridgehead atoms. The van der Waals surface area contributed by atoms with Gasteiger partial charge in [0.05, 0.1) is 12.7 Å². The summed E-state index contributed by atoms with van der Waals surface area (Å²) in [5.74, 6) is 0. The van der Waals surface area contributed by atoms with E-state index in [1.165, 1.54) is 0 Å². The van der Waals surface area contributed by atoms with Crippen LogP contribution >= 0.6 is 0 Å². The molecule has 3 unspecified atom stereocenters. The summed E-state index contributed by atoms with van der Waals surface area (Å²) < 4.78 is 22.2. The smallest absolute Gasteiger partial charge is 0.157 e. The van der Waals surface area contributed by atoms with E-state index < -0.39 is 0 Å². The van der Waals surface area contributed by atoms with Gasteiger partial charge in [-0.1, -0.05) is 13.8 Å². The van der Waals surface area contributed by atoms with E-state index in [9.17, 15) is 0 Å². The first-order chi connectivity index (χ1) is 8.17. The Morgan fingerprint density at radius 2 is 1.29 bits per heavy atom. The minimum absolute atomic E-state index is 0.0148. The normalized spacial score (nSPS) is 16.8. The minimum atomic E-state index is -0.134. The summed E-state index contributed by atoms with van der Waals surface area (Å²) in [5, 5.41) is 0. The van der Waals surface area contributed by atoms with E-state index in [2.05, 4.69) is 0 Å². The Morgan fingerprint density at radius 1 is 0.765 bits per heavy atom. The maximum absolute atomic E-state index is 5.71. The van der Waals surface area contributed by atoms with Gasteiger partial charge in [-0.3, -0.25) is 0 Å². The number of ether oxygens (including phenoxy) is 4. The van der Waals surface area contributed by atoms with Gasteiger partial charge in [0.2, 0.25) is 0 Å². The van der Waals surface area contributed by atoms with Crippen molar-refractivity contribution in [3.63, 3.8) is 0 Å². The molecular weight excluding hydrogens is 220 g/mol. The molecule has 104 valence electrons. The highest BCUT2D eigenvalue weighted by molar-refractivity contribution is 4.52. The van der Waals surface area contributed by atoms with Crippen LogP contribution in [0.25, 0.3) is 0 Å². The standard InChI is InChI=1S/C13H28O4/c1-6-12(14-8-3)16-10-11(5)17-13(7-2)15-9-4/h11-13H,6-10H2,1-5H3. The molecule has 3 atom stereocenters. The van der Waals surface area contributed by atoms with Crippen molar-refractivity contribution in [2.75, 3.05) is 19.8 Å². The molecule has 4 nitrogen and oxygen atoms in total. The molecule has 0 aliphatic heterocycles. The molecule has 0 saturated carbocycles. The lowest BCUT2D eigenvalue weighted by Crippen LogP contribution is -2.28. The summed E-state index contributed by atoms with van der Waals surface area (Å²) in [6.45, 7) is 11.9. The molecule has 0 spiro atoms. The molecule has 17 heavy (non-hydrogen) atoms. The Kier molecular flexibility index (Phi) is 10.9. The van der Waals surface area contributed by atoms with Crippen molar-refractivity contribution >= 4 is 0 Å². The Morgan fingerprint density at radius 3 is 1.76 bits per heavy atom. The molecule has 0 aromatic carbocycles. The maximum Gasteiger partial charge on any atom is 0.157 e. The quantitative estimate of drug-likeness (QED) is 0.527. The van der Waals surface area contributed by atoms with Crippen LogP contribution in [0.15, 0.2) is 0 Å². The SMILES string of the molecule is CCOC(CC)OCC(C)OC(CC)OCC. The third-order valence-corrected chi connectivity index (χ3v) is 2.27. The zero-order valence-electron chi connectivity index (χ0n) is 11.9. The summed E-state index contributed by atoms with van der Waals surface area (Å²) in [6, 6.07) is 0. The number of hydrogen-bond acceptors (Lipinski definition) is 4. The first-order valence-corrected chi connectivity index (χ1v) is 6.68. The Labute approximate surface area is 106 Å². The van der Waals surface area contributed by atoms with Gasteiger partial charge in [-0.15, -0.1) is 0 Å². The molecule has 0 aliphatic carbocycles. The zero-order valence-corrected chi connectivity index (χ0v) is 11.9. The summed E-state index contributed by atoms with van der Waals surface area (Å²) in [7, 11) is 0. The lowest BCUT2D eigenvalue weighted by atomic mass is 10.4. The minimum Gasteiger partial charge on any atom is -0.353 e. The van der Waals surface area contributed by atoms with Crippen LogP contribution < -0.4 is 0 Å². The monoisotopic (exact) mass is 248 g/mol. The average molecular weight is 248 g/mol. The van der Waals surface area contributed by atoms with Crippen molar-refractivity contribution in [2.45, 2.75) is 66.1 Å². The fourth-order valence-electron chi connectivity index (χ4n) is 1.45. The van der Waals surface area contributed by atoms with Gasteiger partial charge in [0.25, 0.3) is 0 Å². The summed E-state index contributed by atoms with van der Waals surface area (Å²) in [4.78, 5) is 0. The van der Waals surface area contributed by atoms with Crippen molar-refractivity contribution in [3.8, 4) is 0 Å². The maximum atomic E-state index is 5.71.